The monoisotopic (exact) mass is 444 g/mol. The van der Waals surface area contributed by atoms with Crippen LogP contribution in [-0.4, -0.2) is 19.0 Å². The highest BCUT2D eigenvalue weighted by molar-refractivity contribution is 7.91. The van der Waals surface area contributed by atoms with E-state index in [2.05, 4.69) is 37.7 Å². The zero-order valence-electron chi connectivity index (χ0n) is 17.9. The largest absolute Gasteiger partial charge is 0.347 e. The summed E-state index contributed by atoms with van der Waals surface area (Å²) in [4.78, 5) is 0.748. The van der Waals surface area contributed by atoms with E-state index < -0.39 is 9.84 Å². The van der Waals surface area contributed by atoms with E-state index in [0.29, 0.717) is 21.9 Å². The summed E-state index contributed by atoms with van der Waals surface area (Å²) in [6.07, 6.45) is 3.34. The molecule has 0 radical (unpaired) electrons. The van der Waals surface area contributed by atoms with Gasteiger partial charge in [-0.3, -0.25) is 0 Å². The van der Waals surface area contributed by atoms with Crippen molar-refractivity contribution < 1.29 is 8.42 Å². The van der Waals surface area contributed by atoms with Crippen molar-refractivity contribution in [3.05, 3.63) is 59.3 Å². The minimum absolute atomic E-state index is 0. The van der Waals surface area contributed by atoms with Crippen molar-refractivity contribution >= 4 is 33.1 Å². The van der Waals surface area contributed by atoms with E-state index in [1.165, 1.54) is 17.7 Å². The molecule has 1 fully saturated rings. The Hall–Kier alpha value is -1.82. The number of nitrogens with zero attached hydrogens (tertiary/aromatic N) is 1. The normalized spacial score (nSPS) is 20.8. The fraction of sp³-hybridized carbons (Fsp3) is 0.417. The van der Waals surface area contributed by atoms with Crippen molar-refractivity contribution in [2.75, 3.05) is 0 Å². The van der Waals surface area contributed by atoms with Gasteiger partial charge in [0.25, 0.3) is 0 Å². The van der Waals surface area contributed by atoms with Crippen molar-refractivity contribution in [1.82, 2.24) is 9.88 Å². The van der Waals surface area contributed by atoms with Crippen molar-refractivity contribution in [2.24, 2.45) is 7.05 Å². The first-order chi connectivity index (χ1) is 13.7. The summed E-state index contributed by atoms with van der Waals surface area (Å²) in [5.41, 5.74) is 4.70. The van der Waals surface area contributed by atoms with Crippen LogP contribution < -0.4 is 5.32 Å². The van der Waals surface area contributed by atoms with E-state index in [9.17, 15) is 8.42 Å². The van der Waals surface area contributed by atoms with Crippen LogP contribution in [0.2, 0.25) is 0 Å². The molecular weight excluding hydrogens is 416 g/mol. The standard InChI is InChI=1S/C24H28N2O2S.ClH/c1-24(2,3)15-6-5-7-17(12-15)29(27,28)18-9-11-21-19(14-18)23-20-10-8-16(25-20)13-22(23)26(21)4;/h5-7,9,11-12,14,16,20,25H,8,10,13H2,1-4H3;1H. The topological polar surface area (TPSA) is 51.1 Å². The first-order valence-corrected chi connectivity index (χ1v) is 11.9. The second kappa shape index (κ2) is 7.11. The number of sulfone groups is 1. The number of aryl methyl sites for hydroxylation is 1. The molecule has 0 spiro atoms. The third-order valence-corrected chi connectivity index (χ3v) is 8.43. The molecule has 0 aliphatic carbocycles. The predicted octanol–water partition coefficient (Wildman–Crippen LogP) is 5.08. The molecule has 160 valence electrons. The Labute approximate surface area is 185 Å². The SMILES string of the molecule is Cl.Cn1c2c(c3cc(S(=O)(=O)c4cccc(C(C)(C)C)c4)ccc31)C1CCC(C2)N1. The van der Waals surface area contributed by atoms with Crippen LogP contribution in [0, 0.1) is 0 Å². The molecule has 3 heterocycles. The van der Waals surface area contributed by atoms with Gasteiger partial charge in [0, 0.05) is 42.1 Å². The predicted molar refractivity (Wildman–Crippen MR) is 123 cm³/mol. The molecule has 3 aromatic rings. The average molecular weight is 445 g/mol. The number of nitrogens with one attached hydrogen (secondary N) is 1. The molecule has 2 aromatic carbocycles. The summed E-state index contributed by atoms with van der Waals surface area (Å²) < 4.78 is 29.2. The van der Waals surface area contributed by atoms with Crippen LogP contribution >= 0.6 is 12.4 Å². The van der Waals surface area contributed by atoms with Gasteiger partial charge in [-0.05, 0) is 59.7 Å². The lowest BCUT2D eigenvalue weighted by atomic mass is 9.87. The summed E-state index contributed by atoms with van der Waals surface area (Å²) in [5, 5.41) is 4.78. The summed E-state index contributed by atoms with van der Waals surface area (Å²) in [5.74, 6) is 0. The Morgan fingerprint density at radius 3 is 2.50 bits per heavy atom. The van der Waals surface area contributed by atoms with Crippen LogP contribution in [-0.2, 0) is 28.7 Å². The van der Waals surface area contributed by atoms with E-state index in [1.54, 1.807) is 12.1 Å². The fourth-order valence-corrected chi connectivity index (χ4v) is 6.35. The van der Waals surface area contributed by atoms with Gasteiger partial charge in [0.15, 0.2) is 0 Å². The molecule has 2 bridgehead atoms. The van der Waals surface area contributed by atoms with Gasteiger partial charge >= 0.3 is 0 Å². The van der Waals surface area contributed by atoms with Gasteiger partial charge in [-0.1, -0.05) is 32.9 Å². The Balaban J connectivity index is 0.00000218. The number of fused-ring (bicyclic) bond motifs is 6. The van der Waals surface area contributed by atoms with Gasteiger partial charge in [0.2, 0.25) is 9.84 Å². The average Bonchev–Trinajstić information content (AvgIpc) is 3.20. The molecule has 5 rings (SSSR count). The molecule has 2 aliphatic heterocycles. The van der Waals surface area contributed by atoms with E-state index in [-0.39, 0.29) is 17.8 Å². The zero-order chi connectivity index (χ0) is 20.6. The zero-order valence-corrected chi connectivity index (χ0v) is 19.5. The second-order valence-electron chi connectivity index (χ2n) is 9.58. The molecule has 0 saturated carbocycles. The number of aromatic nitrogens is 1. The first-order valence-electron chi connectivity index (χ1n) is 10.4. The number of hydrogen-bond acceptors (Lipinski definition) is 3. The molecule has 6 heteroatoms. The lowest BCUT2D eigenvalue weighted by molar-refractivity contribution is 0.503. The first kappa shape index (κ1) is 21.4. The third kappa shape index (κ3) is 3.19. The molecule has 30 heavy (non-hydrogen) atoms. The van der Waals surface area contributed by atoms with Gasteiger partial charge < -0.3 is 9.88 Å². The van der Waals surface area contributed by atoms with Crippen molar-refractivity contribution in [3.63, 3.8) is 0 Å². The second-order valence-corrected chi connectivity index (χ2v) is 11.5. The lowest BCUT2D eigenvalue weighted by Gasteiger charge is -2.23. The van der Waals surface area contributed by atoms with Crippen LogP contribution in [0.15, 0.2) is 52.3 Å². The highest BCUT2D eigenvalue weighted by Crippen LogP contribution is 2.42. The summed E-state index contributed by atoms with van der Waals surface area (Å²) in [6.45, 7) is 6.30. The van der Waals surface area contributed by atoms with Gasteiger partial charge in [-0.25, -0.2) is 8.42 Å². The maximum atomic E-state index is 13.5. The molecule has 4 nitrogen and oxygen atoms in total. The number of hydrogen-bond donors (Lipinski definition) is 1. The van der Waals surface area contributed by atoms with Gasteiger partial charge in [-0.2, -0.15) is 0 Å². The molecule has 1 aromatic heterocycles. The number of rotatable bonds is 2. The van der Waals surface area contributed by atoms with Crippen molar-refractivity contribution in [2.45, 2.75) is 67.3 Å². The van der Waals surface area contributed by atoms with Crippen LogP contribution in [0.1, 0.15) is 56.5 Å². The van der Waals surface area contributed by atoms with E-state index in [4.69, 9.17) is 0 Å². The summed E-state index contributed by atoms with van der Waals surface area (Å²) in [6, 6.07) is 13.9. The number of halogens is 1. The highest BCUT2D eigenvalue weighted by Gasteiger charge is 2.36. The van der Waals surface area contributed by atoms with Crippen LogP contribution in [0.5, 0.6) is 0 Å². The smallest absolute Gasteiger partial charge is 0.206 e. The Morgan fingerprint density at radius 2 is 1.77 bits per heavy atom. The van der Waals surface area contributed by atoms with E-state index in [0.717, 1.165) is 29.3 Å². The summed E-state index contributed by atoms with van der Waals surface area (Å²) in [7, 11) is -1.47. The maximum absolute atomic E-state index is 13.5. The molecule has 1 N–H and O–H groups in total. The van der Waals surface area contributed by atoms with E-state index >= 15 is 0 Å². The Kier molecular flexibility index (Phi) is 5.08. The van der Waals surface area contributed by atoms with Crippen LogP contribution in [0.4, 0.5) is 0 Å². The molecular formula is C24H29ClN2O2S. The summed E-state index contributed by atoms with van der Waals surface area (Å²) >= 11 is 0. The minimum atomic E-state index is -3.57. The van der Waals surface area contributed by atoms with Gasteiger partial charge in [-0.15, -0.1) is 12.4 Å². The molecule has 2 atom stereocenters. The van der Waals surface area contributed by atoms with E-state index in [1.807, 2.05) is 30.3 Å². The molecule has 2 unspecified atom stereocenters. The number of benzene rings is 2. The third-order valence-electron chi connectivity index (χ3n) is 6.68. The van der Waals surface area contributed by atoms with Crippen molar-refractivity contribution in [1.29, 1.82) is 0 Å². The van der Waals surface area contributed by atoms with Crippen molar-refractivity contribution in [3.8, 4) is 0 Å². The highest BCUT2D eigenvalue weighted by atomic mass is 35.5. The fourth-order valence-electron chi connectivity index (χ4n) is 5.01. The van der Waals surface area contributed by atoms with Gasteiger partial charge in [0.05, 0.1) is 9.79 Å². The Morgan fingerprint density at radius 1 is 1.03 bits per heavy atom. The molecule has 0 amide bonds. The quantitative estimate of drug-likeness (QED) is 0.599. The minimum Gasteiger partial charge on any atom is -0.347 e. The molecule has 2 aliphatic rings. The molecule has 1 saturated heterocycles. The lowest BCUT2D eigenvalue weighted by Crippen LogP contribution is -2.32. The Bertz CT molecular complexity index is 1240. The van der Waals surface area contributed by atoms with Crippen LogP contribution in [0.25, 0.3) is 10.9 Å². The van der Waals surface area contributed by atoms with Crippen LogP contribution in [0.3, 0.4) is 0 Å². The van der Waals surface area contributed by atoms with Gasteiger partial charge in [0.1, 0.15) is 0 Å². The maximum Gasteiger partial charge on any atom is 0.206 e.